The van der Waals surface area contributed by atoms with Gasteiger partial charge in [0.2, 0.25) is 5.78 Å². The number of aliphatic hydroxyl groups excluding tert-OH is 1. The van der Waals surface area contributed by atoms with Crippen LogP contribution in [0.1, 0.15) is 119 Å². The number of ether oxygens (including phenoxy) is 2. The van der Waals surface area contributed by atoms with E-state index in [0.717, 1.165) is 18.4 Å². The Balaban J connectivity index is 0.000000243. The van der Waals surface area contributed by atoms with Crippen LogP contribution in [0.3, 0.4) is 0 Å². The van der Waals surface area contributed by atoms with Crippen LogP contribution >= 0.6 is 0 Å². The molecule has 1 N–H and O–H groups in total. The van der Waals surface area contributed by atoms with E-state index in [0.29, 0.717) is 23.8 Å². The van der Waals surface area contributed by atoms with E-state index in [-0.39, 0.29) is 23.6 Å². The van der Waals surface area contributed by atoms with Crippen molar-refractivity contribution in [1.29, 1.82) is 0 Å². The van der Waals surface area contributed by atoms with Gasteiger partial charge in [0.15, 0.2) is 11.5 Å². The highest BCUT2D eigenvalue weighted by atomic mass is 16.6. The number of fused-ring (bicyclic) bond motifs is 3. The maximum Gasteiger partial charge on any atom is 0.302 e. The number of carbonyl (C=O) groups is 3. The molecule has 6 aliphatic rings. The van der Waals surface area contributed by atoms with Crippen molar-refractivity contribution in [3.05, 3.63) is 83.1 Å². The van der Waals surface area contributed by atoms with Crippen LogP contribution in [0.25, 0.3) is 0 Å². The fourth-order valence-electron chi connectivity index (χ4n) is 11.0. The molecule has 8 atom stereocenters. The molecule has 1 aromatic heterocycles. The van der Waals surface area contributed by atoms with E-state index in [1.165, 1.54) is 30.9 Å². The van der Waals surface area contributed by atoms with Crippen molar-refractivity contribution in [2.75, 3.05) is 0 Å². The summed E-state index contributed by atoms with van der Waals surface area (Å²) in [5.41, 5.74) is 0.280. The summed E-state index contributed by atoms with van der Waals surface area (Å²) in [5.74, 6) is -1.84. The van der Waals surface area contributed by atoms with Crippen LogP contribution in [0.15, 0.2) is 81.9 Å². The Labute approximate surface area is 297 Å². The lowest BCUT2D eigenvalue weighted by atomic mass is 9.38. The number of esters is 1. The van der Waals surface area contributed by atoms with E-state index in [2.05, 4.69) is 58.9 Å². The first-order chi connectivity index (χ1) is 23.3. The van der Waals surface area contributed by atoms with Crippen molar-refractivity contribution in [3.8, 4) is 0 Å². The first-order valence-corrected chi connectivity index (χ1v) is 18.3. The predicted molar refractivity (Wildman–Crippen MR) is 193 cm³/mol. The number of furan rings is 1. The van der Waals surface area contributed by atoms with Gasteiger partial charge in [-0.1, -0.05) is 69.2 Å². The van der Waals surface area contributed by atoms with Crippen LogP contribution in [-0.4, -0.2) is 40.5 Å². The molecule has 1 saturated heterocycles. The van der Waals surface area contributed by atoms with Crippen molar-refractivity contribution in [3.63, 3.8) is 0 Å². The Morgan fingerprint density at radius 1 is 1.00 bits per heavy atom. The molecule has 8 unspecified atom stereocenters. The zero-order chi connectivity index (χ0) is 36.7. The monoisotopic (exact) mass is 684 g/mol. The van der Waals surface area contributed by atoms with Crippen molar-refractivity contribution in [2.45, 2.75) is 131 Å². The molecule has 3 fully saturated rings. The van der Waals surface area contributed by atoms with Gasteiger partial charge < -0.3 is 19.0 Å². The lowest BCUT2D eigenvalue weighted by Crippen LogP contribution is -2.70. The lowest BCUT2D eigenvalue weighted by molar-refractivity contribution is -0.200. The first-order valence-electron chi connectivity index (χ1n) is 18.3. The van der Waals surface area contributed by atoms with Gasteiger partial charge in [0.1, 0.15) is 11.7 Å². The summed E-state index contributed by atoms with van der Waals surface area (Å²) in [6.07, 6.45) is 21.3. The minimum Gasteiger partial charge on any atom is -0.504 e. The molecule has 7 heteroatoms. The molecule has 0 radical (unpaired) electrons. The summed E-state index contributed by atoms with van der Waals surface area (Å²) in [6, 6.07) is 1.95. The van der Waals surface area contributed by atoms with Crippen molar-refractivity contribution < 1.29 is 33.4 Å². The van der Waals surface area contributed by atoms with Crippen molar-refractivity contribution in [2.24, 2.45) is 33.0 Å². The van der Waals surface area contributed by atoms with E-state index in [9.17, 15) is 19.5 Å². The minimum atomic E-state index is -1.17. The van der Waals surface area contributed by atoms with Gasteiger partial charge in [-0.2, -0.15) is 0 Å². The van der Waals surface area contributed by atoms with Crippen LogP contribution in [0.4, 0.5) is 0 Å². The van der Waals surface area contributed by atoms with Crippen LogP contribution < -0.4 is 0 Å². The molecule has 1 spiro atoms. The third kappa shape index (κ3) is 5.28. The average Bonchev–Trinajstić information content (AvgIpc) is 3.39. The fraction of sp³-hybridized carbons (Fsp3) is 0.605. The summed E-state index contributed by atoms with van der Waals surface area (Å²) < 4.78 is 17.9. The van der Waals surface area contributed by atoms with Crippen LogP contribution in [0.2, 0.25) is 0 Å². The Bertz CT molecular complexity index is 1730. The number of ketones is 2. The molecule has 0 bridgehead atoms. The van der Waals surface area contributed by atoms with Crippen LogP contribution in [-0.2, 0) is 23.9 Å². The predicted octanol–water partition coefficient (Wildman–Crippen LogP) is 9.47. The Morgan fingerprint density at radius 3 is 2.38 bits per heavy atom. The fourth-order valence-corrected chi connectivity index (χ4v) is 11.0. The molecule has 270 valence electrons. The molecule has 0 aromatic carbocycles. The summed E-state index contributed by atoms with van der Waals surface area (Å²) in [5, 5.41) is 11.5. The third-order valence-corrected chi connectivity index (χ3v) is 13.4. The van der Waals surface area contributed by atoms with E-state index in [1.54, 1.807) is 38.5 Å². The van der Waals surface area contributed by atoms with Crippen LogP contribution in [0, 0.1) is 33.0 Å². The molecule has 5 aliphatic carbocycles. The molecular weight excluding hydrogens is 628 g/mol. The van der Waals surface area contributed by atoms with Gasteiger partial charge in [-0.25, -0.2) is 0 Å². The van der Waals surface area contributed by atoms with Gasteiger partial charge in [-0.05, 0) is 108 Å². The van der Waals surface area contributed by atoms with E-state index in [1.807, 2.05) is 19.9 Å². The number of carbonyl (C=O) groups excluding carboxylic acids is 3. The summed E-state index contributed by atoms with van der Waals surface area (Å²) in [7, 11) is 0. The number of hydrogen-bond acceptors (Lipinski definition) is 7. The van der Waals surface area contributed by atoms with E-state index in [4.69, 9.17) is 13.9 Å². The number of hydrogen-bond donors (Lipinski definition) is 1. The highest BCUT2D eigenvalue weighted by Crippen LogP contribution is 2.81. The maximum absolute atomic E-state index is 14.3. The van der Waals surface area contributed by atoms with E-state index < -0.39 is 51.0 Å². The van der Waals surface area contributed by atoms with Gasteiger partial charge in [-0.3, -0.25) is 14.4 Å². The Kier molecular flexibility index (Phi) is 8.77. The molecule has 2 heterocycles. The molecular formula is C43H56O7. The second-order valence-electron chi connectivity index (χ2n) is 17.7. The second-order valence-corrected chi connectivity index (χ2v) is 17.7. The summed E-state index contributed by atoms with van der Waals surface area (Å²) in [4.78, 5) is 39.6. The molecule has 1 aliphatic heterocycles. The topological polar surface area (TPSA) is 106 Å². The van der Waals surface area contributed by atoms with Crippen molar-refractivity contribution in [1.82, 2.24) is 0 Å². The number of epoxide rings is 1. The van der Waals surface area contributed by atoms with Gasteiger partial charge in [-0.15, -0.1) is 0 Å². The summed E-state index contributed by atoms with van der Waals surface area (Å²) in [6.45, 7) is 19.9. The molecule has 1 aromatic rings. The minimum absolute atomic E-state index is 0.0453. The van der Waals surface area contributed by atoms with Crippen LogP contribution in [0.5, 0.6) is 0 Å². The Morgan fingerprint density at radius 2 is 1.72 bits per heavy atom. The zero-order valence-electron chi connectivity index (χ0n) is 31.6. The smallest absolute Gasteiger partial charge is 0.302 e. The van der Waals surface area contributed by atoms with Crippen molar-refractivity contribution >= 4 is 17.5 Å². The standard InChI is InChI=1S/C28H32O7.C15H24/c1-14(29)34-17-12-26(5)16(15-8-10-33-13-15)11-19-28(26,35-19)27(6)21(17)25(4)9-7-18(30)24(2,3)22(25)20(31)23(27)32;1-13-7-5-8-14(2)10-12-15(3,4)11-6-9-13/h7-10,13,16-17,19,21,31H,11-12H2,1-6H3;6-7,10-11H,5,8-9,12H2,1-4H3. The number of allylic oxidation sites excluding steroid dienone is 10. The molecule has 50 heavy (non-hydrogen) atoms. The quantitative estimate of drug-likeness (QED) is 0.188. The lowest BCUT2D eigenvalue weighted by Gasteiger charge is -2.64. The number of Topliss-reactive ketones (excluding diaryl/α,β-unsaturated/α-hetero) is 1. The third-order valence-electron chi connectivity index (χ3n) is 13.4. The Hall–Kier alpha value is -3.45. The highest BCUT2D eigenvalue weighted by Gasteiger charge is 2.89. The van der Waals surface area contributed by atoms with Gasteiger partial charge >= 0.3 is 5.97 Å². The van der Waals surface area contributed by atoms with Gasteiger partial charge in [0, 0.05) is 23.7 Å². The van der Waals surface area contributed by atoms with Gasteiger partial charge in [0.05, 0.1) is 29.5 Å². The highest BCUT2D eigenvalue weighted by molar-refractivity contribution is 6.06. The molecule has 2 saturated carbocycles. The first kappa shape index (κ1) is 36.3. The SMILES string of the molecule is CC(=O)OC1CC2(C)C(c3ccoc3)CC3OC32C2(C)C(=O)C(O)=C3C(C)(C)C(=O)C=CC3(C)C12.CC1=CCCC(C)=CCC(C)(C)C=CC1. The van der Waals surface area contributed by atoms with E-state index >= 15 is 0 Å². The average molecular weight is 685 g/mol. The number of rotatable bonds is 2. The second kappa shape index (κ2) is 12.1. The largest absolute Gasteiger partial charge is 0.504 e. The number of aliphatic hydroxyl groups is 1. The van der Waals surface area contributed by atoms with Gasteiger partial charge in [0.25, 0.3) is 0 Å². The maximum atomic E-state index is 14.3. The zero-order valence-corrected chi connectivity index (χ0v) is 31.6. The normalized spacial score (nSPS) is 39.7. The molecule has 7 nitrogen and oxygen atoms in total. The summed E-state index contributed by atoms with van der Waals surface area (Å²) >= 11 is 0. The molecule has 7 rings (SSSR count). The molecule has 0 amide bonds.